The van der Waals surface area contributed by atoms with Crippen molar-refractivity contribution in [3.05, 3.63) is 28.7 Å². The number of nitrogens with zero attached hydrogens (tertiary/aromatic N) is 2. The first-order valence-corrected chi connectivity index (χ1v) is 9.12. The average Bonchev–Trinajstić information content (AvgIpc) is 2.82. The normalized spacial score (nSPS) is 11.3. The number of esters is 1. The summed E-state index contributed by atoms with van der Waals surface area (Å²) in [6.45, 7) is 5.54. The zero-order valence-electron chi connectivity index (χ0n) is 12.4. The van der Waals surface area contributed by atoms with Gasteiger partial charge in [0.15, 0.2) is 4.34 Å². The summed E-state index contributed by atoms with van der Waals surface area (Å²) in [6.07, 6.45) is 0. The molecular weight excluding hydrogens is 386 g/mol. The lowest BCUT2D eigenvalue weighted by atomic mass is 10.2. The number of thioether (sulfide) groups is 1. The van der Waals surface area contributed by atoms with Crippen molar-refractivity contribution >= 4 is 55.8 Å². The molecule has 0 aliphatic carbocycles. The fourth-order valence-electron chi connectivity index (χ4n) is 1.50. The molecule has 0 aliphatic heterocycles. The molecule has 1 heterocycles. The molecule has 0 aliphatic rings. The van der Waals surface area contributed by atoms with Crippen LogP contribution in [0, 0.1) is 0 Å². The van der Waals surface area contributed by atoms with Gasteiger partial charge in [-0.15, -0.1) is 10.2 Å². The second kappa shape index (κ2) is 7.43. The third-order valence-corrected chi connectivity index (χ3v) is 4.65. The molecular formula is C14H16BrN3O2S2. The van der Waals surface area contributed by atoms with E-state index in [2.05, 4.69) is 31.4 Å². The lowest BCUT2D eigenvalue weighted by Crippen LogP contribution is -2.24. The Labute approximate surface area is 146 Å². The van der Waals surface area contributed by atoms with E-state index in [4.69, 9.17) is 4.74 Å². The van der Waals surface area contributed by atoms with Gasteiger partial charge in [0.1, 0.15) is 5.60 Å². The van der Waals surface area contributed by atoms with Crippen molar-refractivity contribution in [3.63, 3.8) is 0 Å². The first-order chi connectivity index (χ1) is 10.3. The van der Waals surface area contributed by atoms with E-state index in [1.807, 2.05) is 45.0 Å². The van der Waals surface area contributed by atoms with Crippen LogP contribution in [0.2, 0.25) is 0 Å². The third kappa shape index (κ3) is 5.94. The van der Waals surface area contributed by atoms with E-state index >= 15 is 0 Å². The number of anilines is 2. The summed E-state index contributed by atoms with van der Waals surface area (Å²) in [4.78, 5) is 11.7. The second-order valence-electron chi connectivity index (χ2n) is 5.38. The lowest BCUT2D eigenvalue weighted by molar-refractivity contribution is -0.151. The Kier molecular flexibility index (Phi) is 5.82. The first kappa shape index (κ1) is 17.2. The van der Waals surface area contributed by atoms with Crippen LogP contribution in [0.25, 0.3) is 0 Å². The van der Waals surface area contributed by atoms with E-state index in [1.54, 1.807) is 0 Å². The molecule has 22 heavy (non-hydrogen) atoms. The predicted molar refractivity (Wildman–Crippen MR) is 93.9 cm³/mol. The number of nitrogens with one attached hydrogen (secondary N) is 1. The van der Waals surface area contributed by atoms with Crippen molar-refractivity contribution in [1.82, 2.24) is 10.2 Å². The first-order valence-electron chi connectivity index (χ1n) is 6.52. The largest absolute Gasteiger partial charge is 0.459 e. The SMILES string of the molecule is CC(C)(C)OC(=O)CSc1nnc(Nc2cccc(Br)c2)s1. The van der Waals surface area contributed by atoms with Gasteiger partial charge in [-0.05, 0) is 39.0 Å². The summed E-state index contributed by atoms with van der Waals surface area (Å²) in [7, 11) is 0. The smallest absolute Gasteiger partial charge is 0.316 e. The lowest BCUT2D eigenvalue weighted by Gasteiger charge is -2.18. The second-order valence-corrected chi connectivity index (χ2v) is 8.50. The Morgan fingerprint density at radius 3 is 2.86 bits per heavy atom. The summed E-state index contributed by atoms with van der Waals surface area (Å²) in [5.74, 6) is -0.0304. The van der Waals surface area contributed by atoms with Crippen LogP contribution >= 0.6 is 39.0 Å². The molecule has 0 spiro atoms. The van der Waals surface area contributed by atoms with E-state index in [-0.39, 0.29) is 11.7 Å². The van der Waals surface area contributed by atoms with Crippen LogP contribution in [0.3, 0.4) is 0 Å². The molecule has 0 saturated carbocycles. The van der Waals surface area contributed by atoms with Gasteiger partial charge in [0.05, 0.1) is 5.75 Å². The highest BCUT2D eigenvalue weighted by Gasteiger charge is 2.17. The van der Waals surface area contributed by atoms with E-state index in [1.165, 1.54) is 23.1 Å². The fourth-order valence-corrected chi connectivity index (χ4v) is 3.44. The maximum atomic E-state index is 11.7. The maximum Gasteiger partial charge on any atom is 0.316 e. The number of carbonyl (C=O) groups excluding carboxylic acids is 1. The minimum Gasteiger partial charge on any atom is -0.459 e. The van der Waals surface area contributed by atoms with E-state index in [0.29, 0.717) is 5.13 Å². The Morgan fingerprint density at radius 2 is 2.18 bits per heavy atom. The Hall–Kier alpha value is -1.12. The van der Waals surface area contributed by atoms with Gasteiger partial charge < -0.3 is 10.1 Å². The molecule has 0 unspecified atom stereocenters. The average molecular weight is 402 g/mol. The van der Waals surface area contributed by atoms with Gasteiger partial charge in [-0.2, -0.15) is 0 Å². The van der Waals surface area contributed by atoms with Gasteiger partial charge in [0.25, 0.3) is 0 Å². The minimum absolute atomic E-state index is 0.225. The standard InChI is InChI=1S/C14H16BrN3O2S2/c1-14(2,3)20-11(19)8-21-13-18-17-12(22-13)16-10-6-4-5-9(15)7-10/h4-7H,8H2,1-3H3,(H,16,17). The van der Waals surface area contributed by atoms with Gasteiger partial charge in [-0.25, -0.2) is 0 Å². The molecule has 0 fully saturated rings. The molecule has 0 amide bonds. The van der Waals surface area contributed by atoms with Crippen molar-refractivity contribution < 1.29 is 9.53 Å². The highest BCUT2D eigenvalue weighted by molar-refractivity contribution is 9.10. The Balaban J connectivity index is 1.88. The van der Waals surface area contributed by atoms with Crippen LogP contribution in [-0.2, 0) is 9.53 Å². The van der Waals surface area contributed by atoms with Gasteiger partial charge in [-0.1, -0.05) is 45.1 Å². The van der Waals surface area contributed by atoms with E-state index in [9.17, 15) is 4.79 Å². The monoisotopic (exact) mass is 401 g/mol. The van der Waals surface area contributed by atoms with Crippen LogP contribution in [0.5, 0.6) is 0 Å². The van der Waals surface area contributed by atoms with Crippen molar-refractivity contribution in [2.45, 2.75) is 30.7 Å². The summed E-state index contributed by atoms with van der Waals surface area (Å²) >= 11 is 6.14. The molecule has 1 N–H and O–H groups in total. The molecule has 1 aromatic carbocycles. The molecule has 8 heteroatoms. The molecule has 118 valence electrons. The summed E-state index contributed by atoms with van der Waals surface area (Å²) in [5, 5.41) is 12.0. The number of hydrogen-bond acceptors (Lipinski definition) is 7. The summed E-state index contributed by atoms with van der Waals surface area (Å²) in [6, 6.07) is 7.79. The minimum atomic E-state index is -0.466. The van der Waals surface area contributed by atoms with Crippen molar-refractivity contribution in [2.24, 2.45) is 0 Å². The number of aromatic nitrogens is 2. The third-order valence-electron chi connectivity index (χ3n) is 2.22. The van der Waals surface area contributed by atoms with Crippen molar-refractivity contribution in [2.75, 3.05) is 11.1 Å². The zero-order valence-corrected chi connectivity index (χ0v) is 15.6. The van der Waals surface area contributed by atoms with Crippen LogP contribution in [-0.4, -0.2) is 27.5 Å². The maximum absolute atomic E-state index is 11.7. The topological polar surface area (TPSA) is 64.1 Å². The Morgan fingerprint density at radius 1 is 1.41 bits per heavy atom. The molecule has 0 bridgehead atoms. The summed E-state index contributed by atoms with van der Waals surface area (Å²) < 4.78 is 6.96. The van der Waals surface area contributed by atoms with Crippen LogP contribution < -0.4 is 5.32 Å². The van der Waals surface area contributed by atoms with E-state index < -0.39 is 5.60 Å². The quantitative estimate of drug-likeness (QED) is 0.588. The van der Waals surface area contributed by atoms with Crippen molar-refractivity contribution in [3.8, 4) is 0 Å². The zero-order chi connectivity index (χ0) is 16.2. The molecule has 0 atom stereocenters. The summed E-state index contributed by atoms with van der Waals surface area (Å²) in [5.41, 5.74) is 0.459. The van der Waals surface area contributed by atoms with Gasteiger partial charge in [-0.3, -0.25) is 4.79 Å². The van der Waals surface area contributed by atoms with Gasteiger partial charge in [0.2, 0.25) is 5.13 Å². The molecule has 2 aromatic rings. The van der Waals surface area contributed by atoms with Crippen LogP contribution in [0.1, 0.15) is 20.8 Å². The molecule has 2 rings (SSSR count). The number of hydrogen-bond donors (Lipinski definition) is 1. The number of halogens is 1. The van der Waals surface area contributed by atoms with Gasteiger partial charge >= 0.3 is 5.97 Å². The molecule has 5 nitrogen and oxygen atoms in total. The molecule has 0 radical (unpaired) electrons. The number of carbonyl (C=O) groups is 1. The molecule has 0 saturated heterocycles. The number of ether oxygens (including phenoxy) is 1. The molecule has 1 aromatic heterocycles. The number of benzene rings is 1. The fraction of sp³-hybridized carbons (Fsp3) is 0.357. The van der Waals surface area contributed by atoms with E-state index in [0.717, 1.165) is 14.5 Å². The Bertz CT molecular complexity index is 656. The highest BCUT2D eigenvalue weighted by Crippen LogP contribution is 2.28. The van der Waals surface area contributed by atoms with Crippen molar-refractivity contribution in [1.29, 1.82) is 0 Å². The highest BCUT2D eigenvalue weighted by atomic mass is 79.9. The predicted octanol–water partition coefficient (Wildman–Crippen LogP) is 4.48. The van der Waals surface area contributed by atoms with Crippen LogP contribution in [0.4, 0.5) is 10.8 Å². The van der Waals surface area contributed by atoms with Gasteiger partial charge in [0, 0.05) is 10.2 Å². The van der Waals surface area contributed by atoms with Crippen LogP contribution in [0.15, 0.2) is 33.1 Å². The number of rotatable bonds is 5.